The molecule has 4 nitrogen and oxygen atoms in total. The predicted molar refractivity (Wildman–Crippen MR) is 97.7 cm³/mol. The summed E-state index contributed by atoms with van der Waals surface area (Å²) in [5.74, 6) is 0.538. The Hall–Kier alpha value is -1.29. The van der Waals surface area contributed by atoms with E-state index in [1.54, 1.807) is 36.6 Å². The third-order valence-electron chi connectivity index (χ3n) is 3.26. The zero-order valence-corrected chi connectivity index (χ0v) is 16.3. The number of hydrogen-bond acceptors (Lipinski definition) is 4. The van der Waals surface area contributed by atoms with Gasteiger partial charge in [0.1, 0.15) is 0 Å². The number of hydrogen-bond donors (Lipinski definition) is 1. The summed E-state index contributed by atoms with van der Waals surface area (Å²) < 4.78 is 7.02. The number of H-pyrrole nitrogens is 1. The number of rotatable bonds is 4. The Labute approximate surface area is 149 Å². The number of aromatic amines is 1. The number of methoxy groups -OCH3 is 1. The van der Waals surface area contributed by atoms with Crippen LogP contribution in [0.25, 0.3) is 22.3 Å². The molecular formula is C16H15AsClN2O2S. The molecule has 0 bridgehead atoms. The van der Waals surface area contributed by atoms with Crippen LogP contribution >= 0.6 is 22.9 Å². The van der Waals surface area contributed by atoms with Gasteiger partial charge in [0.2, 0.25) is 0 Å². The number of thiazole rings is 1. The Morgan fingerprint density at radius 1 is 1.39 bits per heavy atom. The number of benzene rings is 1. The molecule has 1 radical (unpaired) electrons. The van der Waals surface area contributed by atoms with E-state index in [4.69, 9.17) is 16.3 Å². The van der Waals surface area contributed by atoms with Crippen molar-refractivity contribution in [3.8, 4) is 17.1 Å². The molecule has 0 unspecified atom stereocenters. The first-order valence-electron chi connectivity index (χ1n) is 7.06. The van der Waals surface area contributed by atoms with Gasteiger partial charge in [-0.3, -0.25) is 0 Å². The van der Waals surface area contributed by atoms with Crippen molar-refractivity contribution in [2.24, 2.45) is 0 Å². The second kappa shape index (κ2) is 6.68. The number of ether oxygens (including phenoxy) is 1. The maximum absolute atomic E-state index is 12.4. The van der Waals surface area contributed by atoms with Gasteiger partial charge < -0.3 is 0 Å². The molecule has 1 aromatic carbocycles. The van der Waals surface area contributed by atoms with Crippen molar-refractivity contribution in [2.75, 3.05) is 7.11 Å². The van der Waals surface area contributed by atoms with Crippen LogP contribution in [0.5, 0.6) is 5.75 Å². The first kappa shape index (κ1) is 16.6. The molecule has 2 heterocycles. The van der Waals surface area contributed by atoms with Gasteiger partial charge >= 0.3 is 150 Å². The van der Waals surface area contributed by atoms with Gasteiger partial charge in [-0.05, 0) is 0 Å². The molecule has 0 saturated carbocycles. The summed E-state index contributed by atoms with van der Waals surface area (Å²) in [7, 11) is 1.55. The summed E-state index contributed by atoms with van der Waals surface area (Å²) in [6, 6.07) is 5.00. The van der Waals surface area contributed by atoms with E-state index in [-0.39, 0.29) is 21.2 Å². The van der Waals surface area contributed by atoms with Gasteiger partial charge in [-0.15, -0.1) is 0 Å². The van der Waals surface area contributed by atoms with E-state index >= 15 is 0 Å². The molecule has 3 rings (SSSR count). The molecule has 3 aromatic rings. The summed E-state index contributed by atoms with van der Waals surface area (Å²) in [5, 5.41) is 2.94. The van der Waals surface area contributed by atoms with Crippen molar-refractivity contribution in [1.29, 1.82) is 0 Å². The van der Waals surface area contributed by atoms with Crippen LogP contribution in [0.4, 0.5) is 0 Å². The second-order valence-electron chi connectivity index (χ2n) is 5.29. The predicted octanol–water partition coefficient (Wildman–Crippen LogP) is 3.47. The molecule has 0 atom stereocenters. The van der Waals surface area contributed by atoms with E-state index in [1.807, 2.05) is 5.38 Å². The molecule has 119 valence electrons. The fourth-order valence-corrected chi connectivity index (χ4v) is 6.21. The quantitative estimate of drug-likeness (QED) is 0.671. The Kier molecular flexibility index (Phi) is 4.81. The number of fused-ring (bicyclic) bond motifs is 1. The van der Waals surface area contributed by atoms with Gasteiger partial charge in [0.15, 0.2) is 0 Å². The second-order valence-corrected chi connectivity index (χ2v) is 10.8. The Morgan fingerprint density at radius 2 is 2.17 bits per heavy atom. The van der Waals surface area contributed by atoms with Crippen molar-refractivity contribution >= 4 is 53.4 Å². The van der Waals surface area contributed by atoms with E-state index in [2.05, 4.69) is 23.8 Å². The Balaban J connectivity index is 2.13. The van der Waals surface area contributed by atoms with Crippen LogP contribution in [0.3, 0.4) is 0 Å². The van der Waals surface area contributed by atoms with Crippen LogP contribution < -0.4 is 14.0 Å². The Bertz CT molecular complexity index is 920. The van der Waals surface area contributed by atoms with E-state index in [0.29, 0.717) is 32.1 Å². The van der Waals surface area contributed by atoms with Crippen LogP contribution in [0.1, 0.15) is 13.8 Å². The summed E-state index contributed by atoms with van der Waals surface area (Å²) >= 11 is 8.04. The molecule has 0 spiro atoms. The van der Waals surface area contributed by atoms with Crippen LogP contribution in [-0.2, 0) is 0 Å². The molecule has 1 N–H and O–H groups in total. The van der Waals surface area contributed by atoms with Gasteiger partial charge in [0.25, 0.3) is 0 Å². The van der Waals surface area contributed by atoms with Gasteiger partial charge in [0.05, 0.1) is 0 Å². The van der Waals surface area contributed by atoms with Crippen molar-refractivity contribution in [1.82, 2.24) is 9.97 Å². The van der Waals surface area contributed by atoms with E-state index < -0.39 is 0 Å². The molecule has 7 heteroatoms. The number of nitrogens with one attached hydrogen (secondary N) is 1. The average molecular weight is 410 g/mol. The number of halogens is 1. The molecule has 23 heavy (non-hydrogen) atoms. The standard InChI is InChI=1S/C16H15AsClN2O2S/c1-8(2)17-16-20-11(7-23-16)10-6-12(21)9-4-5-13(22-3)14(18)15(9)19-10/h4-8H,1-3H3,(H,19,21). The van der Waals surface area contributed by atoms with Gasteiger partial charge in [-0.1, -0.05) is 0 Å². The molecule has 0 aliphatic rings. The van der Waals surface area contributed by atoms with Crippen molar-refractivity contribution in [3.63, 3.8) is 0 Å². The monoisotopic (exact) mass is 409 g/mol. The minimum atomic E-state index is -0.0787. The van der Waals surface area contributed by atoms with Crippen LogP contribution in [0.2, 0.25) is 9.73 Å². The van der Waals surface area contributed by atoms with Crippen molar-refractivity contribution in [2.45, 2.75) is 18.6 Å². The first-order chi connectivity index (χ1) is 11.0. The summed E-state index contributed by atoms with van der Waals surface area (Å²) in [6.45, 7) is 4.40. The zero-order valence-electron chi connectivity index (χ0n) is 12.9. The van der Waals surface area contributed by atoms with Gasteiger partial charge in [-0.25, -0.2) is 0 Å². The zero-order chi connectivity index (χ0) is 16.6. The molecule has 0 fully saturated rings. The normalized spacial score (nSPS) is 11.9. The fourth-order valence-electron chi connectivity index (χ4n) is 2.23. The van der Waals surface area contributed by atoms with E-state index in [1.165, 1.54) is 0 Å². The molecule has 0 aliphatic carbocycles. The molecule has 0 amide bonds. The van der Waals surface area contributed by atoms with Crippen LogP contribution in [0.15, 0.2) is 28.4 Å². The molecule has 0 aliphatic heterocycles. The van der Waals surface area contributed by atoms with Crippen molar-refractivity contribution in [3.05, 3.63) is 38.8 Å². The Morgan fingerprint density at radius 3 is 2.87 bits per heavy atom. The van der Waals surface area contributed by atoms with Gasteiger partial charge in [0, 0.05) is 0 Å². The molecular weight excluding hydrogens is 395 g/mol. The first-order valence-corrected chi connectivity index (χ1v) is 10.3. The SMILES string of the molecule is COc1ccc2c(=O)cc(-c3csc([As]C(C)C)n3)[nH]c2c1Cl. The fraction of sp³-hybridized carbons (Fsp3) is 0.250. The van der Waals surface area contributed by atoms with Crippen molar-refractivity contribution < 1.29 is 4.74 Å². The number of pyridine rings is 1. The number of aromatic nitrogens is 2. The summed E-state index contributed by atoms with van der Waals surface area (Å²) in [4.78, 5) is 20.3. The van der Waals surface area contributed by atoms with Crippen LogP contribution in [0, 0.1) is 0 Å². The topological polar surface area (TPSA) is 55.0 Å². The minimum absolute atomic E-state index is 0.0584. The van der Waals surface area contributed by atoms with E-state index in [0.717, 1.165) is 9.49 Å². The van der Waals surface area contributed by atoms with E-state index in [9.17, 15) is 4.79 Å². The summed E-state index contributed by atoms with van der Waals surface area (Å²) in [6.07, 6.45) is 0. The van der Waals surface area contributed by atoms with Gasteiger partial charge in [-0.2, -0.15) is 0 Å². The molecule has 2 aromatic heterocycles. The number of nitrogens with zero attached hydrogens (tertiary/aromatic N) is 1. The third kappa shape index (κ3) is 3.32. The molecule has 0 saturated heterocycles. The third-order valence-corrected chi connectivity index (χ3v) is 7.25. The van der Waals surface area contributed by atoms with Crippen LogP contribution in [-0.4, -0.2) is 32.8 Å². The average Bonchev–Trinajstić information content (AvgIpc) is 2.96. The summed E-state index contributed by atoms with van der Waals surface area (Å²) in [5.41, 5.74) is 1.98. The maximum atomic E-state index is 12.4.